The molecule has 1 N–H and O–H groups in total. The van der Waals surface area contributed by atoms with Crippen LogP contribution in [0.25, 0.3) is 33.5 Å². The number of ether oxygens (including phenoxy) is 1. The molecule has 0 saturated heterocycles. The predicted molar refractivity (Wildman–Crippen MR) is 104 cm³/mol. The summed E-state index contributed by atoms with van der Waals surface area (Å²) in [5.41, 5.74) is 2.49. The van der Waals surface area contributed by atoms with Gasteiger partial charge in [-0.25, -0.2) is 14.4 Å². The highest BCUT2D eigenvalue weighted by Crippen LogP contribution is 2.36. The van der Waals surface area contributed by atoms with Crippen LogP contribution >= 0.6 is 0 Å². The van der Waals surface area contributed by atoms with Crippen LogP contribution in [0.5, 0.6) is 5.75 Å². The smallest absolute Gasteiger partial charge is 0.180 e. The van der Waals surface area contributed by atoms with Crippen molar-refractivity contribution in [2.24, 2.45) is 0 Å². The first kappa shape index (κ1) is 16.9. The van der Waals surface area contributed by atoms with Crippen molar-refractivity contribution < 1.29 is 9.13 Å². The van der Waals surface area contributed by atoms with Gasteiger partial charge in [0.1, 0.15) is 28.6 Å². The fourth-order valence-corrected chi connectivity index (χ4v) is 3.01. The molecule has 0 bridgehead atoms. The molecule has 134 valence electrons. The van der Waals surface area contributed by atoms with E-state index >= 15 is 0 Å². The highest BCUT2D eigenvalue weighted by atomic mass is 19.1. The van der Waals surface area contributed by atoms with Crippen LogP contribution in [0.3, 0.4) is 0 Å². The monoisotopic (exact) mass is 360 g/mol. The van der Waals surface area contributed by atoms with Gasteiger partial charge in [0.05, 0.1) is 7.11 Å². The predicted octanol–water partition coefficient (Wildman–Crippen LogP) is 4.55. The van der Waals surface area contributed by atoms with Gasteiger partial charge >= 0.3 is 0 Å². The van der Waals surface area contributed by atoms with E-state index in [0.29, 0.717) is 39.7 Å². The molecule has 2 aromatic carbocycles. The summed E-state index contributed by atoms with van der Waals surface area (Å²) in [5, 5.41) is 3.84. The third-order valence-electron chi connectivity index (χ3n) is 4.30. The van der Waals surface area contributed by atoms with Crippen LogP contribution in [0.2, 0.25) is 0 Å². The minimum absolute atomic E-state index is 0.295. The maximum Gasteiger partial charge on any atom is 0.180 e. The van der Waals surface area contributed by atoms with E-state index in [1.54, 1.807) is 44.6 Å². The lowest BCUT2D eigenvalue weighted by atomic mass is 10.0. The average molecular weight is 360 g/mol. The van der Waals surface area contributed by atoms with Crippen molar-refractivity contribution in [2.75, 3.05) is 19.5 Å². The fourth-order valence-electron chi connectivity index (χ4n) is 3.01. The number of nitrogens with zero attached hydrogens (tertiary/aromatic N) is 3. The molecule has 4 rings (SSSR count). The first-order chi connectivity index (χ1) is 13.2. The highest BCUT2D eigenvalue weighted by molar-refractivity contribution is 5.97. The van der Waals surface area contributed by atoms with Crippen molar-refractivity contribution in [1.82, 2.24) is 15.0 Å². The van der Waals surface area contributed by atoms with Crippen molar-refractivity contribution in [3.8, 4) is 28.4 Å². The third-order valence-corrected chi connectivity index (χ3v) is 4.30. The molecule has 0 radical (unpaired) electrons. The SMILES string of the molecule is CNc1nc(-c2ccccn2)nc2c(OC)cc(-c3ccccc3F)cc12. The van der Waals surface area contributed by atoms with Gasteiger partial charge in [0, 0.05) is 24.2 Å². The summed E-state index contributed by atoms with van der Waals surface area (Å²) in [6, 6.07) is 15.9. The molecule has 0 atom stereocenters. The average Bonchev–Trinajstić information content (AvgIpc) is 2.73. The molecule has 5 nitrogen and oxygen atoms in total. The second kappa shape index (κ2) is 6.99. The molecule has 0 saturated carbocycles. The summed E-state index contributed by atoms with van der Waals surface area (Å²) < 4.78 is 19.8. The van der Waals surface area contributed by atoms with E-state index < -0.39 is 0 Å². The number of aromatic nitrogens is 3. The third kappa shape index (κ3) is 3.06. The minimum atomic E-state index is -0.295. The van der Waals surface area contributed by atoms with E-state index in [0.717, 1.165) is 5.39 Å². The molecule has 0 aliphatic heterocycles. The summed E-state index contributed by atoms with van der Waals surface area (Å²) in [7, 11) is 3.35. The number of pyridine rings is 1. The first-order valence-electron chi connectivity index (χ1n) is 8.45. The molecule has 0 unspecified atom stereocenters. The van der Waals surface area contributed by atoms with Gasteiger partial charge in [-0.1, -0.05) is 24.3 Å². The minimum Gasteiger partial charge on any atom is -0.494 e. The molecule has 6 heteroatoms. The molecule has 0 fully saturated rings. The Balaban J connectivity index is 1.99. The lowest BCUT2D eigenvalue weighted by Crippen LogP contribution is -2.01. The number of benzene rings is 2. The Hall–Kier alpha value is -3.54. The summed E-state index contributed by atoms with van der Waals surface area (Å²) in [4.78, 5) is 13.6. The number of fused-ring (bicyclic) bond motifs is 1. The Morgan fingerprint density at radius 2 is 1.81 bits per heavy atom. The number of methoxy groups -OCH3 is 1. The number of halogens is 1. The molecule has 2 aromatic heterocycles. The van der Waals surface area contributed by atoms with Crippen molar-refractivity contribution in [1.29, 1.82) is 0 Å². The van der Waals surface area contributed by atoms with E-state index in [-0.39, 0.29) is 5.82 Å². The maximum absolute atomic E-state index is 14.3. The Bertz CT molecular complexity index is 1120. The second-order valence-electron chi connectivity index (χ2n) is 5.92. The summed E-state index contributed by atoms with van der Waals surface area (Å²) in [5.74, 6) is 1.36. The van der Waals surface area contributed by atoms with Gasteiger partial charge in [-0.05, 0) is 35.9 Å². The fraction of sp³-hybridized carbons (Fsp3) is 0.0952. The molecule has 4 aromatic rings. The summed E-state index contributed by atoms with van der Waals surface area (Å²) in [6.07, 6.45) is 1.69. The van der Waals surface area contributed by atoms with Gasteiger partial charge in [0.25, 0.3) is 0 Å². The zero-order chi connectivity index (χ0) is 18.8. The van der Waals surface area contributed by atoms with Crippen molar-refractivity contribution in [3.63, 3.8) is 0 Å². The Morgan fingerprint density at radius 3 is 2.52 bits per heavy atom. The Kier molecular flexibility index (Phi) is 4.38. The van der Waals surface area contributed by atoms with Gasteiger partial charge in [0.2, 0.25) is 0 Å². The van der Waals surface area contributed by atoms with Gasteiger partial charge in [-0.3, -0.25) is 4.98 Å². The highest BCUT2D eigenvalue weighted by Gasteiger charge is 2.16. The number of hydrogen-bond acceptors (Lipinski definition) is 5. The normalized spacial score (nSPS) is 10.8. The standard InChI is InChI=1S/C21H17FN4O/c1-23-20-15-11-13(14-7-3-4-8-16(14)22)12-18(27-2)19(15)25-21(26-20)17-9-5-6-10-24-17/h3-12H,1-2H3,(H,23,25,26). The van der Waals surface area contributed by atoms with Gasteiger partial charge in [-0.2, -0.15) is 0 Å². The molecule has 2 heterocycles. The number of nitrogens with one attached hydrogen (secondary N) is 1. The zero-order valence-electron chi connectivity index (χ0n) is 14.9. The van der Waals surface area contributed by atoms with Crippen LogP contribution in [0.4, 0.5) is 10.2 Å². The molecule has 0 amide bonds. The van der Waals surface area contributed by atoms with Gasteiger partial charge in [0.15, 0.2) is 5.82 Å². The van der Waals surface area contributed by atoms with Gasteiger partial charge in [-0.15, -0.1) is 0 Å². The van der Waals surface area contributed by atoms with E-state index in [4.69, 9.17) is 4.74 Å². The van der Waals surface area contributed by atoms with Crippen LogP contribution < -0.4 is 10.1 Å². The van der Waals surface area contributed by atoms with E-state index in [9.17, 15) is 4.39 Å². The Labute approximate surface area is 155 Å². The van der Waals surface area contributed by atoms with Crippen LogP contribution in [0, 0.1) is 5.82 Å². The molecular formula is C21H17FN4O. The summed E-state index contributed by atoms with van der Waals surface area (Å²) in [6.45, 7) is 0. The Morgan fingerprint density at radius 1 is 1.00 bits per heavy atom. The number of hydrogen-bond donors (Lipinski definition) is 1. The molecule has 0 spiro atoms. The molecule has 0 aliphatic carbocycles. The summed E-state index contributed by atoms with van der Waals surface area (Å²) >= 11 is 0. The molecular weight excluding hydrogens is 343 g/mol. The van der Waals surface area contributed by atoms with E-state index in [1.807, 2.05) is 24.3 Å². The lowest BCUT2D eigenvalue weighted by Gasteiger charge is -2.13. The maximum atomic E-state index is 14.3. The van der Waals surface area contributed by atoms with Crippen molar-refractivity contribution in [3.05, 3.63) is 66.6 Å². The molecule has 0 aliphatic rings. The van der Waals surface area contributed by atoms with Crippen LogP contribution in [0.1, 0.15) is 0 Å². The zero-order valence-corrected chi connectivity index (χ0v) is 14.9. The quantitative estimate of drug-likeness (QED) is 0.579. The van der Waals surface area contributed by atoms with Crippen molar-refractivity contribution >= 4 is 16.7 Å². The van der Waals surface area contributed by atoms with E-state index in [2.05, 4.69) is 20.3 Å². The lowest BCUT2D eigenvalue weighted by molar-refractivity contribution is 0.419. The van der Waals surface area contributed by atoms with Crippen molar-refractivity contribution in [2.45, 2.75) is 0 Å². The number of rotatable bonds is 4. The first-order valence-corrected chi connectivity index (χ1v) is 8.45. The van der Waals surface area contributed by atoms with Crippen LogP contribution in [-0.2, 0) is 0 Å². The molecule has 27 heavy (non-hydrogen) atoms. The topological polar surface area (TPSA) is 59.9 Å². The number of anilines is 1. The van der Waals surface area contributed by atoms with E-state index in [1.165, 1.54) is 6.07 Å². The van der Waals surface area contributed by atoms with Gasteiger partial charge < -0.3 is 10.1 Å². The van der Waals surface area contributed by atoms with Crippen LogP contribution in [-0.4, -0.2) is 29.1 Å². The second-order valence-corrected chi connectivity index (χ2v) is 5.92. The largest absolute Gasteiger partial charge is 0.494 e. The van der Waals surface area contributed by atoms with Crippen LogP contribution in [0.15, 0.2) is 60.8 Å².